The summed E-state index contributed by atoms with van der Waals surface area (Å²) in [4.78, 5) is 11.9. The summed E-state index contributed by atoms with van der Waals surface area (Å²) >= 11 is 1.55. The molecule has 0 heterocycles. The first-order valence-electron chi connectivity index (χ1n) is 8.33. The zero-order valence-electron chi connectivity index (χ0n) is 15.9. The summed E-state index contributed by atoms with van der Waals surface area (Å²) in [6, 6.07) is 11.7. The van der Waals surface area contributed by atoms with E-state index < -0.39 is 0 Å². The topological polar surface area (TPSA) is 69.2 Å². The smallest absolute Gasteiger partial charge is 0.250 e. The predicted octanol–water partition coefficient (Wildman–Crippen LogP) is 3.40. The SMILES string of the molecule is COc1cc(/C=N/NC(=O)CSCc2ccccc2C)cc(OC)c1OC. The van der Waals surface area contributed by atoms with Crippen LogP contribution in [0.2, 0.25) is 0 Å². The van der Waals surface area contributed by atoms with Crippen molar-refractivity contribution >= 4 is 23.9 Å². The number of hydrazone groups is 1. The molecule has 0 fully saturated rings. The van der Waals surface area contributed by atoms with E-state index in [1.165, 1.54) is 17.3 Å². The fourth-order valence-corrected chi connectivity index (χ4v) is 3.31. The van der Waals surface area contributed by atoms with Gasteiger partial charge in [-0.3, -0.25) is 4.79 Å². The maximum absolute atomic E-state index is 11.9. The second-order valence-electron chi connectivity index (χ2n) is 5.67. The second-order valence-corrected chi connectivity index (χ2v) is 6.66. The molecule has 0 atom stereocenters. The number of rotatable bonds is 9. The average Bonchev–Trinajstić information content (AvgIpc) is 2.68. The van der Waals surface area contributed by atoms with E-state index in [1.54, 1.807) is 45.2 Å². The second kappa shape index (κ2) is 10.5. The van der Waals surface area contributed by atoms with Crippen molar-refractivity contribution in [1.82, 2.24) is 5.43 Å². The monoisotopic (exact) mass is 388 g/mol. The summed E-state index contributed by atoms with van der Waals surface area (Å²) in [5.74, 6) is 2.53. The molecule has 6 nitrogen and oxygen atoms in total. The number of aryl methyl sites for hydroxylation is 1. The van der Waals surface area contributed by atoms with Crippen LogP contribution in [0.15, 0.2) is 41.5 Å². The quantitative estimate of drug-likeness (QED) is 0.527. The van der Waals surface area contributed by atoms with Crippen LogP contribution in [0.5, 0.6) is 17.2 Å². The minimum absolute atomic E-state index is 0.155. The van der Waals surface area contributed by atoms with Gasteiger partial charge in [0, 0.05) is 11.3 Å². The number of carbonyl (C=O) groups is 1. The van der Waals surface area contributed by atoms with E-state index in [-0.39, 0.29) is 5.91 Å². The number of hydrogen-bond acceptors (Lipinski definition) is 6. The molecule has 144 valence electrons. The Bertz CT molecular complexity index is 783. The molecule has 0 radical (unpaired) electrons. The Morgan fingerprint density at radius 2 is 1.78 bits per heavy atom. The van der Waals surface area contributed by atoms with E-state index in [4.69, 9.17) is 14.2 Å². The van der Waals surface area contributed by atoms with Crippen LogP contribution < -0.4 is 19.6 Å². The highest BCUT2D eigenvalue weighted by Crippen LogP contribution is 2.37. The van der Waals surface area contributed by atoms with Gasteiger partial charge >= 0.3 is 0 Å². The molecule has 0 aliphatic heterocycles. The Balaban J connectivity index is 1.89. The maximum Gasteiger partial charge on any atom is 0.250 e. The summed E-state index contributed by atoms with van der Waals surface area (Å²) in [5, 5.41) is 4.00. The van der Waals surface area contributed by atoms with Gasteiger partial charge in [-0.2, -0.15) is 5.10 Å². The molecule has 0 aromatic heterocycles. The maximum atomic E-state index is 11.9. The van der Waals surface area contributed by atoms with Crippen molar-refractivity contribution in [3.63, 3.8) is 0 Å². The molecule has 1 amide bonds. The molecule has 0 bridgehead atoms. The zero-order chi connectivity index (χ0) is 19.6. The highest BCUT2D eigenvalue weighted by Gasteiger charge is 2.12. The Morgan fingerprint density at radius 3 is 2.37 bits per heavy atom. The third kappa shape index (κ3) is 5.92. The molecule has 2 rings (SSSR count). The molecule has 0 aliphatic carbocycles. The van der Waals surface area contributed by atoms with E-state index in [1.807, 2.05) is 12.1 Å². The Labute approximate surface area is 163 Å². The minimum Gasteiger partial charge on any atom is -0.493 e. The van der Waals surface area contributed by atoms with Gasteiger partial charge in [-0.15, -0.1) is 11.8 Å². The van der Waals surface area contributed by atoms with Crippen molar-refractivity contribution in [2.24, 2.45) is 5.10 Å². The lowest BCUT2D eigenvalue weighted by Gasteiger charge is -2.12. The number of benzene rings is 2. The zero-order valence-corrected chi connectivity index (χ0v) is 16.8. The molecule has 0 unspecified atom stereocenters. The van der Waals surface area contributed by atoms with Gasteiger partial charge in [-0.1, -0.05) is 24.3 Å². The van der Waals surface area contributed by atoms with Gasteiger partial charge in [0.1, 0.15) is 0 Å². The van der Waals surface area contributed by atoms with Crippen molar-refractivity contribution in [3.05, 3.63) is 53.1 Å². The van der Waals surface area contributed by atoms with Gasteiger partial charge in [0.05, 0.1) is 33.3 Å². The summed E-state index contributed by atoms with van der Waals surface area (Å²) in [7, 11) is 4.64. The van der Waals surface area contributed by atoms with E-state index in [0.29, 0.717) is 23.0 Å². The molecule has 2 aromatic rings. The van der Waals surface area contributed by atoms with E-state index >= 15 is 0 Å². The fraction of sp³-hybridized carbons (Fsp3) is 0.300. The van der Waals surface area contributed by atoms with Crippen molar-refractivity contribution in [2.45, 2.75) is 12.7 Å². The summed E-state index contributed by atoms with van der Waals surface area (Å²) < 4.78 is 15.9. The van der Waals surface area contributed by atoms with Crippen LogP contribution in [0, 0.1) is 6.92 Å². The van der Waals surface area contributed by atoms with Crippen molar-refractivity contribution in [1.29, 1.82) is 0 Å². The number of carbonyl (C=O) groups excluding carboxylic acids is 1. The lowest BCUT2D eigenvalue weighted by Crippen LogP contribution is -2.19. The Hall–Kier alpha value is -2.67. The highest BCUT2D eigenvalue weighted by atomic mass is 32.2. The number of nitrogens with zero attached hydrogens (tertiary/aromatic N) is 1. The molecular weight excluding hydrogens is 364 g/mol. The lowest BCUT2D eigenvalue weighted by molar-refractivity contribution is -0.118. The van der Waals surface area contributed by atoms with Crippen LogP contribution in [0.3, 0.4) is 0 Å². The van der Waals surface area contributed by atoms with Crippen molar-refractivity contribution in [3.8, 4) is 17.2 Å². The normalized spacial score (nSPS) is 10.7. The van der Waals surface area contributed by atoms with Crippen LogP contribution in [0.25, 0.3) is 0 Å². The first-order valence-corrected chi connectivity index (χ1v) is 9.48. The number of ether oxygens (including phenoxy) is 3. The molecule has 2 aromatic carbocycles. The minimum atomic E-state index is -0.155. The standard InChI is InChI=1S/C20H24N2O4S/c1-14-7-5-6-8-16(14)12-27-13-19(23)22-21-11-15-9-17(24-2)20(26-4)18(10-15)25-3/h5-11H,12-13H2,1-4H3,(H,22,23)/b21-11+. The molecular formula is C20H24N2O4S. The average molecular weight is 388 g/mol. The molecule has 7 heteroatoms. The van der Waals surface area contributed by atoms with Gasteiger partial charge in [-0.25, -0.2) is 5.43 Å². The summed E-state index contributed by atoms with van der Waals surface area (Å²) in [6.45, 7) is 2.07. The van der Waals surface area contributed by atoms with Crippen molar-refractivity contribution < 1.29 is 19.0 Å². The highest BCUT2D eigenvalue weighted by molar-refractivity contribution is 7.99. The molecule has 0 spiro atoms. The summed E-state index contributed by atoms with van der Waals surface area (Å²) in [6.07, 6.45) is 1.54. The third-order valence-electron chi connectivity index (χ3n) is 3.84. The van der Waals surface area contributed by atoms with Gasteiger partial charge in [0.15, 0.2) is 11.5 Å². The number of methoxy groups -OCH3 is 3. The Kier molecular flexibility index (Phi) is 8.00. The lowest BCUT2D eigenvalue weighted by atomic mass is 10.1. The van der Waals surface area contributed by atoms with Crippen LogP contribution in [-0.4, -0.2) is 39.2 Å². The fourth-order valence-electron chi connectivity index (χ4n) is 2.41. The number of thioether (sulfide) groups is 1. The van der Waals surface area contributed by atoms with Gasteiger partial charge in [0.25, 0.3) is 0 Å². The number of amides is 1. The van der Waals surface area contributed by atoms with Crippen LogP contribution in [0.1, 0.15) is 16.7 Å². The van der Waals surface area contributed by atoms with Gasteiger partial charge in [-0.05, 0) is 30.2 Å². The number of nitrogens with one attached hydrogen (secondary N) is 1. The first kappa shape index (κ1) is 20.6. The predicted molar refractivity (Wildman–Crippen MR) is 109 cm³/mol. The molecule has 0 saturated heterocycles. The molecule has 0 saturated carbocycles. The Morgan fingerprint density at radius 1 is 1.11 bits per heavy atom. The number of hydrogen-bond donors (Lipinski definition) is 1. The first-order chi connectivity index (χ1) is 13.1. The largest absolute Gasteiger partial charge is 0.493 e. The molecule has 0 aliphatic rings. The van der Waals surface area contributed by atoms with E-state index in [0.717, 1.165) is 11.3 Å². The summed E-state index contributed by atoms with van der Waals surface area (Å²) in [5.41, 5.74) is 5.71. The van der Waals surface area contributed by atoms with E-state index in [9.17, 15) is 4.79 Å². The third-order valence-corrected chi connectivity index (χ3v) is 4.82. The molecule has 27 heavy (non-hydrogen) atoms. The van der Waals surface area contributed by atoms with Gasteiger partial charge in [0.2, 0.25) is 11.7 Å². The van der Waals surface area contributed by atoms with Gasteiger partial charge < -0.3 is 14.2 Å². The van der Waals surface area contributed by atoms with Crippen LogP contribution in [-0.2, 0) is 10.5 Å². The van der Waals surface area contributed by atoms with Crippen LogP contribution in [0.4, 0.5) is 0 Å². The van der Waals surface area contributed by atoms with Crippen molar-refractivity contribution in [2.75, 3.05) is 27.1 Å². The van der Waals surface area contributed by atoms with E-state index in [2.05, 4.69) is 29.6 Å². The van der Waals surface area contributed by atoms with Crippen LogP contribution >= 0.6 is 11.8 Å². The molecule has 1 N–H and O–H groups in total.